The normalized spacial score (nSPS) is 11.8. The second kappa shape index (κ2) is 5.16. The van der Waals surface area contributed by atoms with E-state index in [1.807, 2.05) is 0 Å². The highest BCUT2D eigenvalue weighted by Gasteiger charge is 2.32. The number of nitrogens with zero attached hydrogens (tertiary/aromatic N) is 5. The van der Waals surface area contributed by atoms with Gasteiger partial charge in [-0.2, -0.15) is 18.2 Å². The first-order chi connectivity index (χ1) is 10.8. The molecule has 0 aliphatic carbocycles. The van der Waals surface area contributed by atoms with Crippen molar-refractivity contribution in [3.63, 3.8) is 0 Å². The Bertz CT molecular complexity index is 925. The largest absolute Gasteiger partial charge is 0.477 e. The van der Waals surface area contributed by atoms with Gasteiger partial charge in [-0.3, -0.25) is 4.98 Å². The summed E-state index contributed by atoms with van der Waals surface area (Å²) < 4.78 is 38.9. The van der Waals surface area contributed by atoms with Crippen LogP contribution in [-0.2, 0) is 6.18 Å². The number of carboxylic acids is 1. The summed E-state index contributed by atoms with van der Waals surface area (Å²) in [5, 5.41) is 12.5. The molecule has 11 heteroatoms. The van der Waals surface area contributed by atoms with E-state index in [2.05, 4.69) is 20.1 Å². The molecule has 0 fully saturated rings. The first kappa shape index (κ1) is 15.2. The molecule has 0 saturated carbocycles. The lowest BCUT2D eigenvalue weighted by atomic mass is 10.2. The minimum atomic E-state index is -4.57. The van der Waals surface area contributed by atoms with Gasteiger partial charge < -0.3 is 5.11 Å². The average Bonchev–Trinajstić information content (AvgIpc) is 2.88. The van der Waals surface area contributed by atoms with Gasteiger partial charge in [0.05, 0.1) is 10.6 Å². The molecule has 0 saturated heterocycles. The van der Waals surface area contributed by atoms with E-state index in [1.54, 1.807) is 0 Å². The number of aromatic carboxylic acids is 1. The Labute approximate surface area is 130 Å². The van der Waals surface area contributed by atoms with E-state index in [0.29, 0.717) is 12.3 Å². The molecule has 0 aliphatic heterocycles. The zero-order valence-electron chi connectivity index (χ0n) is 10.9. The Morgan fingerprint density at radius 3 is 2.65 bits per heavy atom. The number of carbonyl (C=O) groups is 1. The van der Waals surface area contributed by atoms with Crippen LogP contribution in [0, 0.1) is 0 Å². The van der Waals surface area contributed by atoms with Crippen molar-refractivity contribution in [3.8, 4) is 11.5 Å². The van der Waals surface area contributed by atoms with E-state index in [9.17, 15) is 18.0 Å². The van der Waals surface area contributed by atoms with Crippen LogP contribution in [0.2, 0.25) is 5.02 Å². The first-order valence-corrected chi connectivity index (χ1v) is 6.33. The third-order valence-corrected chi connectivity index (χ3v) is 3.09. The lowest BCUT2D eigenvalue weighted by Gasteiger charge is -2.07. The van der Waals surface area contributed by atoms with Gasteiger partial charge in [-0.25, -0.2) is 14.3 Å². The van der Waals surface area contributed by atoms with Crippen molar-refractivity contribution in [3.05, 3.63) is 40.8 Å². The maximum Gasteiger partial charge on any atom is 0.417 e. The fourth-order valence-corrected chi connectivity index (χ4v) is 2.01. The monoisotopic (exact) mass is 343 g/mol. The molecule has 1 N–H and O–H groups in total. The maximum absolute atomic E-state index is 12.6. The molecule has 23 heavy (non-hydrogen) atoms. The summed E-state index contributed by atoms with van der Waals surface area (Å²) in [6.45, 7) is 0. The molecule has 3 heterocycles. The van der Waals surface area contributed by atoms with Crippen LogP contribution in [-0.4, -0.2) is 35.6 Å². The molecule has 118 valence electrons. The third kappa shape index (κ3) is 2.80. The minimum Gasteiger partial charge on any atom is -0.477 e. The van der Waals surface area contributed by atoms with E-state index in [1.165, 1.54) is 12.3 Å². The molecule has 0 aliphatic rings. The quantitative estimate of drug-likeness (QED) is 0.768. The molecule has 0 bridgehead atoms. The second-order valence-corrected chi connectivity index (χ2v) is 4.76. The minimum absolute atomic E-state index is 0.0438. The number of halogens is 4. The fourth-order valence-electron chi connectivity index (χ4n) is 1.75. The van der Waals surface area contributed by atoms with Gasteiger partial charge in [-0.1, -0.05) is 11.6 Å². The van der Waals surface area contributed by atoms with Gasteiger partial charge in [0.25, 0.3) is 5.78 Å². The molecule has 3 rings (SSSR count). The van der Waals surface area contributed by atoms with Crippen LogP contribution in [0.25, 0.3) is 17.3 Å². The summed E-state index contributed by atoms with van der Waals surface area (Å²) in [6, 6.07) is 1.92. The zero-order valence-corrected chi connectivity index (χ0v) is 11.7. The van der Waals surface area contributed by atoms with Crippen molar-refractivity contribution < 1.29 is 23.1 Å². The number of hydrogen-bond acceptors (Lipinski definition) is 5. The smallest absolute Gasteiger partial charge is 0.417 e. The molecule has 0 unspecified atom stereocenters. The standard InChI is InChI=1S/C12H5ClF3N5O2/c13-6-3-5(12(14,15)16)4-17-8(6)9-19-11-18-7(10(22)23)1-2-21(11)20-9/h1-4H,(H,22,23). The molecule has 0 radical (unpaired) electrons. The maximum atomic E-state index is 12.6. The molecule has 0 atom stereocenters. The van der Waals surface area contributed by atoms with Crippen molar-refractivity contribution >= 4 is 23.3 Å². The van der Waals surface area contributed by atoms with E-state index >= 15 is 0 Å². The number of carboxylic acid groups (broad SMARTS) is 1. The van der Waals surface area contributed by atoms with Crippen LogP contribution in [0.3, 0.4) is 0 Å². The summed E-state index contributed by atoms with van der Waals surface area (Å²) in [7, 11) is 0. The van der Waals surface area contributed by atoms with Crippen LogP contribution in [0.1, 0.15) is 16.1 Å². The zero-order chi connectivity index (χ0) is 16.8. The van der Waals surface area contributed by atoms with Crippen LogP contribution >= 0.6 is 11.6 Å². The third-order valence-electron chi connectivity index (χ3n) is 2.81. The Hall–Kier alpha value is -2.75. The summed E-state index contributed by atoms with van der Waals surface area (Å²) >= 11 is 5.81. The van der Waals surface area contributed by atoms with E-state index in [4.69, 9.17) is 16.7 Å². The number of aromatic nitrogens is 5. The van der Waals surface area contributed by atoms with E-state index in [0.717, 1.165) is 4.52 Å². The van der Waals surface area contributed by atoms with Gasteiger partial charge >= 0.3 is 12.1 Å². The summed E-state index contributed by atoms with van der Waals surface area (Å²) in [5.74, 6) is -1.36. The Balaban J connectivity index is 2.08. The predicted octanol–water partition coefficient (Wildman–Crippen LogP) is 2.56. The van der Waals surface area contributed by atoms with Crippen molar-refractivity contribution in [2.24, 2.45) is 0 Å². The lowest BCUT2D eigenvalue weighted by Crippen LogP contribution is -2.06. The van der Waals surface area contributed by atoms with Crippen molar-refractivity contribution in [1.82, 2.24) is 24.6 Å². The van der Waals surface area contributed by atoms with Crippen LogP contribution < -0.4 is 0 Å². The Morgan fingerprint density at radius 1 is 1.30 bits per heavy atom. The predicted molar refractivity (Wildman–Crippen MR) is 71.0 cm³/mol. The summed E-state index contributed by atoms with van der Waals surface area (Å²) in [5.41, 5.74) is -1.31. The second-order valence-electron chi connectivity index (χ2n) is 4.35. The highest BCUT2D eigenvalue weighted by Crippen LogP contribution is 2.33. The molecular formula is C12H5ClF3N5O2. The van der Waals surface area contributed by atoms with Crippen LogP contribution in [0.4, 0.5) is 13.2 Å². The van der Waals surface area contributed by atoms with Crippen LogP contribution in [0.5, 0.6) is 0 Å². The van der Waals surface area contributed by atoms with Gasteiger partial charge in [0.15, 0.2) is 5.69 Å². The number of alkyl halides is 3. The van der Waals surface area contributed by atoms with Gasteiger partial charge in [0, 0.05) is 12.4 Å². The molecular weight excluding hydrogens is 339 g/mol. The topological polar surface area (TPSA) is 93.3 Å². The van der Waals surface area contributed by atoms with Gasteiger partial charge in [-0.15, -0.1) is 5.10 Å². The molecule has 3 aromatic rings. The van der Waals surface area contributed by atoms with Crippen molar-refractivity contribution in [1.29, 1.82) is 0 Å². The lowest BCUT2D eigenvalue weighted by molar-refractivity contribution is -0.137. The summed E-state index contributed by atoms with van der Waals surface area (Å²) in [4.78, 5) is 22.2. The van der Waals surface area contributed by atoms with E-state index < -0.39 is 17.7 Å². The van der Waals surface area contributed by atoms with Gasteiger partial charge in [0.1, 0.15) is 5.69 Å². The van der Waals surface area contributed by atoms with Crippen molar-refractivity contribution in [2.75, 3.05) is 0 Å². The Kier molecular flexibility index (Phi) is 3.40. The number of rotatable bonds is 2. The molecule has 0 spiro atoms. The molecule has 7 nitrogen and oxygen atoms in total. The highest BCUT2D eigenvalue weighted by atomic mass is 35.5. The van der Waals surface area contributed by atoms with Crippen molar-refractivity contribution in [2.45, 2.75) is 6.18 Å². The molecule has 3 aromatic heterocycles. The van der Waals surface area contributed by atoms with Crippen LogP contribution in [0.15, 0.2) is 24.5 Å². The fraction of sp³-hybridized carbons (Fsp3) is 0.0833. The SMILES string of the molecule is O=C(O)c1ccn2nc(-c3ncc(C(F)(F)F)cc3Cl)nc2n1. The summed E-state index contributed by atoms with van der Waals surface area (Å²) in [6.07, 6.45) is -2.65. The first-order valence-electron chi connectivity index (χ1n) is 5.95. The number of fused-ring (bicyclic) bond motifs is 1. The highest BCUT2D eigenvalue weighted by molar-refractivity contribution is 6.32. The number of hydrogen-bond donors (Lipinski definition) is 1. The Morgan fingerprint density at radius 2 is 2.04 bits per heavy atom. The number of pyridine rings is 1. The average molecular weight is 344 g/mol. The van der Waals surface area contributed by atoms with E-state index in [-0.39, 0.29) is 28.0 Å². The molecule has 0 aromatic carbocycles. The molecule has 0 amide bonds. The van der Waals surface area contributed by atoms with Gasteiger partial charge in [0.2, 0.25) is 5.82 Å². The van der Waals surface area contributed by atoms with Gasteiger partial charge in [-0.05, 0) is 12.1 Å².